The lowest BCUT2D eigenvalue weighted by Gasteiger charge is -2.19. The second-order valence-electron chi connectivity index (χ2n) is 5.65. The van der Waals surface area contributed by atoms with Gasteiger partial charge in [0.15, 0.2) is 9.84 Å². The van der Waals surface area contributed by atoms with Crippen molar-refractivity contribution >= 4 is 27.5 Å². The van der Waals surface area contributed by atoms with Gasteiger partial charge in [-0.1, -0.05) is 19.1 Å². The molecule has 2 rings (SSSR count). The molecule has 0 radical (unpaired) electrons. The van der Waals surface area contributed by atoms with Crippen LogP contribution >= 0.6 is 0 Å². The number of ether oxygens (including phenoxy) is 1. The highest BCUT2D eigenvalue weighted by Gasteiger charge is 2.21. The molecule has 1 amide bonds. The Morgan fingerprint density at radius 1 is 1.43 bits per heavy atom. The molecule has 0 bridgehead atoms. The van der Waals surface area contributed by atoms with Crippen LogP contribution in [-0.4, -0.2) is 33.4 Å². The van der Waals surface area contributed by atoms with Gasteiger partial charge in [0, 0.05) is 18.6 Å². The first-order valence-electron chi connectivity index (χ1n) is 7.15. The third-order valence-electron chi connectivity index (χ3n) is 3.63. The average molecular weight is 336 g/mol. The number of sulfone groups is 1. The highest BCUT2D eigenvalue weighted by Crippen LogP contribution is 2.26. The van der Waals surface area contributed by atoms with Gasteiger partial charge in [0.2, 0.25) is 5.91 Å². The minimum absolute atomic E-state index is 0.0391. The number of hydrogen-bond donors (Lipinski definition) is 1. The lowest BCUT2D eigenvalue weighted by atomic mass is 9.93. The monoisotopic (exact) mass is 336 g/mol. The van der Waals surface area contributed by atoms with Crippen LogP contribution in [0, 0.1) is 5.92 Å². The topological polar surface area (TPSA) is 84.8 Å². The Kier molecular flexibility index (Phi) is 4.89. The van der Waals surface area contributed by atoms with Gasteiger partial charge in [-0.3, -0.25) is 4.79 Å². The summed E-state index contributed by atoms with van der Waals surface area (Å²) >= 11 is 0. The van der Waals surface area contributed by atoms with Gasteiger partial charge in [-0.25, -0.2) is 13.8 Å². The van der Waals surface area contributed by atoms with Crippen LogP contribution in [0.4, 0.5) is 0 Å². The van der Waals surface area contributed by atoms with Crippen molar-refractivity contribution in [1.82, 2.24) is 5.43 Å². The van der Waals surface area contributed by atoms with E-state index in [1.807, 2.05) is 19.9 Å². The molecule has 0 saturated heterocycles. The molecule has 1 aliphatic rings. The predicted octanol–water partition coefficient (Wildman–Crippen LogP) is 2.01. The van der Waals surface area contributed by atoms with E-state index in [1.54, 1.807) is 12.1 Å². The number of hydrogen-bond acceptors (Lipinski definition) is 5. The van der Waals surface area contributed by atoms with Crippen LogP contribution in [0.25, 0.3) is 6.08 Å². The number of benzene rings is 1. The quantitative estimate of drug-likeness (QED) is 0.911. The van der Waals surface area contributed by atoms with E-state index in [-0.39, 0.29) is 16.7 Å². The molecule has 0 aliphatic carbocycles. The minimum Gasteiger partial charge on any atom is -0.495 e. The van der Waals surface area contributed by atoms with Gasteiger partial charge in [-0.15, -0.1) is 0 Å². The van der Waals surface area contributed by atoms with Gasteiger partial charge in [-0.05, 0) is 30.2 Å². The van der Waals surface area contributed by atoms with Crippen molar-refractivity contribution in [3.63, 3.8) is 0 Å². The fraction of sp³-hybridized carbons (Fsp3) is 0.375. The first-order chi connectivity index (χ1) is 10.7. The van der Waals surface area contributed by atoms with E-state index < -0.39 is 9.84 Å². The zero-order chi connectivity index (χ0) is 17.2. The average Bonchev–Trinajstić information content (AvgIpc) is 2.45. The second-order valence-corrected chi connectivity index (χ2v) is 7.63. The molecule has 1 unspecified atom stereocenters. The van der Waals surface area contributed by atoms with Crippen LogP contribution in [0.3, 0.4) is 0 Å². The molecule has 0 spiro atoms. The summed E-state index contributed by atoms with van der Waals surface area (Å²) in [6.07, 6.45) is 3.44. The summed E-state index contributed by atoms with van der Waals surface area (Å²) in [5.41, 5.74) is 5.01. The van der Waals surface area contributed by atoms with E-state index in [9.17, 15) is 13.2 Å². The summed E-state index contributed by atoms with van der Waals surface area (Å²) in [7, 11) is -1.91. The van der Waals surface area contributed by atoms with Crippen molar-refractivity contribution in [2.75, 3.05) is 13.4 Å². The van der Waals surface area contributed by atoms with Gasteiger partial charge < -0.3 is 4.74 Å². The standard InChI is InChI=1S/C16H20N2O4S/c1-10(16-11(2)8-15(19)17-18-16)7-12-5-6-14(23(4,20)21)13(9-12)22-3/h5-7,9,11H,8H2,1-4H3,(H,17,19). The highest BCUT2D eigenvalue weighted by atomic mass is 32.2. The number of methoxy groups -OCH3 is 1. The molecule has 0 aromatic heterocycles. The second kappa shape index (κ2) is 6.54. The molecule has 1 heterocycles. The molecule has 1 aromatic carbocycles. The molecule has 1 atom stereocenters. The van der Waals surface area contributed by atoms with Gasteiger partial charge in [0.1, 0.15) is 10.6 Å². The zero-order valence-corrected chi connectivity index (χ0v) is 14.4. The summed E-state index contributed by atoms with van der Waals surface area (Å²) in [6, 6.07) is 4.92. The summed E-state index contributed by atoms with van der Waals surface area (Å²) in [5.74, 6) is 0.256. The van der Waals surface area contributed by atoms with Crippen LogP contribution < -0.4 is 10.2 Å². The van der Waals surface area contributed by atoms with Crippen molar-refractivity contribution in [3.05, 3.63) is 29.3 Å². The van der Waals surface area contributed by atoms with Crippen LogP contribution in [0.2, 0.25) is 0 Å². The van der Waals surface area contributed by atoms with Crippen molar-refractivity contribution < 1.29 is 17.9 Å². The van der Waals surface area contributed by atoms with Crippen LogP contribution in [-0.2, 0) is 14.6 Å². The normalized spacial score (nSPS) is 19.1. The Morgan fingerprint density at radius 2 is 2.13 bits per heavy atom. The molecule has 1 N–H and O–H groups in total. The fourth-order valence-corrected chi connectivity index (χ4v) is 3.36. The molecular weight excluding hydrogens is 316 g/mol. The number of nitrogens with one attached hydrogen (secondary N) is 1. The largest absolute Gasteiger partial charge is 0.495 e. The maximum Gasteiger partial charge on any atom is 0.240 e. The smallest absolute Gasteiger partial charge is 0.240 e. The summed E-state index contributed by atoms with van der Waals surface area (Å²) in [5, 5.41) is 4.11. The van der Waals surface area contributed by atoms with E-state index >= 15 is 0 Å². The van der Waals surface area contributed by atoms with E-state index in [0.29, 0.717) is 12.2 Å². The molecule has 1 aliphatic heterocycles. The SMILES string of the molecule is COc1cc(C=C(C)C2=NNC(=O)CC2C)ccc1S(C)(=O)=O. The molecule has 1 aromatic rings. The van der Waals surface area contributed by atoms with E-state index in [2.05, 4.69) is 10.5 Å². The maximum atomic E-state index is 11.7. The number of nitrogens with zero attached hydrogens (tertiary/aromatic N) is 1. The fourth-order valence-electron chi connectivity index (χ4n) is 2.53. The number of carbonyl (C=O) groups excluding carboxylic acids is 1. The minimum atomic E-state index is -3.34. The molecule has 0 saturated carbocycles. The number of carbonyl (C=O) groups is 1. The van der Waals surface area contributed by atoms with E-state index in [4.69, 9.17) is 4.74 Å². The summed E-state index contributed by atoms with van der Waals surface area (Å²) in [6.45, 7) is 3.85. The molecule has 6 nitrogen and oxygen atoms in total. The van der Waals surface area contributed by atoms with Gasteiger partial charge in [-0.2, -0.15) is 5.10 Å². The van der Waals surface area contributed by atoms with E-state index in [0.717, 1.165) is 23.1 Å². The third-order valence-corrected chi connectivity index (χ3v) is 4.77. The van der Waals surface area contributed by atoms with Crippen LogP contribution in [0.5, 0.6) is 5.75 Å². The lowest BCUT2D eigenvalue weighted by molar-refractivity contribution is -0.121. The van der Waals surface area contributed by atoms with Crippen molar-refractivity contribution in [1.29, 1.82) is 0 Å². The maximum absolute atomic E-state index is 11.7. The summed E-state index contributed by atoms with van der Waals surface area (Å²) < 4.78 is 28.6. The van der Waals surface area contributed by atoms with Crippen molar-refractivity contribution in [2.24, 2.45) is 11.0 Å². The van der Waals surface area contributed by atoms with Gasteiger partial charge in [0.25, 0.3) is 0 Å². The zero-order valence-electron chi connectivity index (χ0n) is 13.6. The Hall–Kier alpha value is -2.15. The van der Waals surface area contributed by atoms with Crippen LogP contribution in [0.1, 0.15) is 25.8 Å². The number of hydrazone groups is 1. The molecule has 23 heavy (non-hydrogen) atoms. The molecule has 0 fully saturated rings. The Bertz CT molecular complexity index is 794. The molecule has 124 valence electrons. The Morgan fingerprint density at radius 3 is 2.70 bits per heavy atom. The first-order valence-corrected chi connectivity index (χ1v) is 9.04. The number of amides is 1. The summed E-state index contributed by atoms with van der Waals surface area (Å²) in [4.78, 5) is 11.5. The van der Waals surface area contributed by atoms with Gasteiger partial charge >= 0.3 is 0 Å². The van der Waals surface area contributed by atoms with Crippen molar-refractivity contribution in [3.8, 4) is 5.75 Å². The number of rotatable bonds is 4. The third kappa shape index (κ3) is 3.98. The highest BCUT2D eigenvalue weighted by molar-refractivity contribution is 7.90. The predicted molar refractivity (Wildman–Crippen MR) is 89.1 cm³/mol. The van der Waals surface area contributed by atoms with Crippen LogP contribution in [0.15, 0.2) is 33.8 Å². The number of allylic oxidation sites excluding steroid dienone is 1. The molecular formula is C16H20N2O4S. The van der Waals surface area contributed by atoms with Gasteiger partial charge in [0.05, 0.1) is 12.8 Å². The Labute approximate surface area is 136 Å². The van der Waals surface area contributed by atoms with E-state index in [1.165, 1.54) is 13.2 Å². The molecule has 7 heteroatoms. The van der Waals surface area contributed by atoms with Crippen molar-refractivity contribution in [2.45, 2.75) is 25.2 Å². The lowest BCUT2D eigenvalue weighted by Crippen LogP contribution is -2.31. The Balaban J connectivity index is 2.38. The first kappa shape index (κ1) is 17.2.